The molecule has 0 bridgehead atoms. The number of fused-ring (bicyclic) bond motifs is 1. The minimum absolute atomic E-state index is 0.0334. The standard InChI is InChI=1S/C26H19FN2O3S/c27-20-13-15-21(16-14-20)33(30,31)26-25(28-17-18-7-2-1-3-8-18)32-24(29-26)23-12-6-10-19-9-4-5-11-22(19)23/h1-16,28H,17H2. The summed E-state index contributed by atoms with van der Waals surface area (Å²) >= 11 is 0. The molecule has 33 heavy (non-hydrogen) atoms. The zero-order chi connectivity index (χ0) is 22.8. The van der Waals surface area contributed by atoms with E-state index < -0.39 is 15.7 Å². The Labute approximate surface area is 190 Å². The van der Waals surface area contributed by atoms with E-state index in [1.54, 1.807) is 0 Å². The molecule has 4 aromatic carbocycles. The topological polar surface area (TPSA) is 72.2 Å². The highest BCUT2D eigenvalue weighted by molar-refractivity contribution is 7.91. The zero-order valence-corrected chi connectivity index (χ0v) is 18.2. The maximum Gasteiger partial charge on any atom is 0.234 e. The minimum Gasteiger partial charge on any atom is -0.419 e. The summed E-state index contributed by atoms with van der Waals surface area (Å²) in [5.74, 6) is -0.304. The number of oxazole rings is 1. The number of halogens is 1. The second kappa shape index (κ2) is 8.52. The van der Waals surface area contributed by atoms with E-state index in [1.807, 2.05) is 72.8 Å². The van der Waals surface area contributed by atoms with Gasteiger partial charge in [0, 0.05) is 12.1 Å². The Bertz CT molecular complexity index is 1520. The summed E-state index contributed by atoms with van der Waals surface area (Å²) in [4.78, 5) is 4.34. The first-order valence-electron chi connectivity index (χ1n) is 10.3. The number of benzene rings is 4. The average molecular weight is 459 g/mol. The van der Waals surface area contributed by atoms with Crippen LogP contribution in [0.4, 0.5) is 10.3 Å². The van der Waals surface area contributed by atoms with E-state index in [0.29, 0.717) is 12.1 Å². The summed E-state index contributed by atoms with van der Waals surface area (Å²) < 4.78 is 46.2. The van der Waals surface area contributed by atoms with Crippen LogP contribution in [-0.2, 0) is 16.4 Å². The number of aromatic nitrogens is 1. The van der Waals surface area contributed by atoms with Gasteiger partial charge in [0.05, 0.1) is 4.90 Å². The normalized spacial score (nSPS) is 11.5. The third-order valence-corrected chi connectivity index (χ3v) is 6.97. The Balaban J connectivity index is 1.63. The Kier molecular flexibility index (Phi) is 5.40. The Morgan fingerprint density at radius 1 is 0.818 bits per heavy atom. The van der Waals surface area contributed by atoms with Crippen LogP contribution in [0.5, 0.6) is 0 Å². The van der Waals surface area contributed by atoms with Crippen LogP contribution < -0.4 is 5.32 Å². The summed E-state index contributed by atoms with van der Waals surface area (Å²) in [5.41, 5.74) is 1.63. The maximum absolute atomic E-state index is 13.4. The van der Waals surface area contributed by atoms with Crippen LogP contribution in [0.25, 0.3) is 22.2 Å². The molecule has 0 aliphatic carbocycles. The van der Waals surface area contributed by atoms with Gasteiger partial charge in [0.1, 0.15) is 5.82 Å². The summed E-state index contributed by atoms with van der Waals surface area (Å²) in [6, 6.07) is 27.6. The largest absolute Gasteiger partial charge is 0.419 e. The molecule has 0 atom stereocenters. The number of sulfone groups is 1. The summed E-state index contributed by atoms with van der Waals surface area (Å²) in [7, 11) is -4.07. The molecule has 1 aromatic heterocycles. The van der Waals surface area contributed by atoms with E-state index in [9.17, 15) is 12.8 Å². The second-order valence-electron chi connectivity index (χ2n) is 7.48. The summed E-state index contributed by atoms with van der Waals surface area (Å²) in [6.45, 7) is 0.344. The van der Waals surface area contributed by atoms with Gasteiger partial charge >= 0.3 is 0 Å². The van der Waals surface area contributed by atoms with Crippen LogP contribution in [-0.4, -0.2) is 13.4 Å². The van der Waals surface area contributed by atoms with Crippen molar-refractivity contribution in [3.63, 3.8) is 0 Å². The Morgan fingerprint density at radius 2 is 1.52 bits per heavy atom. The van der Waals surface area contributed by atoms with Crippen LogP contribution in [0, 0.1) is 5.82 Å². The molecule has 0 aliphatic heterocycles. The van der Waals surface area contributed by atoms with Crippen LogP contribution in [0.15, 0.2) is 111 Å². The number of hydrogen-bond donors (Lipinski definition) is 1. The molecule has 5 aromatic rings. The van der Waals surface area contributed by atoms with Crippen molar-refractivity contribution in [2.75, 3.05) is 5.32 Å². The van der Waals surface area contributed by atoms with E-state index in [-0.39, 0.29) is 21.7 Å². The van der Waals surface area contributed by atoms with Crippen molar-refractivity contribution >= 4 is 26.5 Å². The van der Waals surface area contributed by atoms with Crippen molar-refractivity contribution in [2.45, 2.75) is 16.5 Å². The molecule has 0 saturated carbocycles. The molecule has 7 heteroatoms. The molecule has 0 aliphatic rings. The lowest BCUT2D eigenvalue weighted by atomic mass is 10.0. The van der Waals surface area contributed by atoms with Crippen LogP contribution >= 0.6 is 0 Å². The fourth-order valence-corrected chi connectivity index (χ4v) is 4.91. The third-order valence-electron chi connectivity index (χ3n) is 5.29. The lowest BCUT2D eigenvalue weighted by Crippen LogP contribution is -2.07. The third kappa shape index (κ3) is 4.10. The van der Waals surface area contributed by atoms with Crippen molar-refractivity contribution in [3.8, 4) is 11.5 Å². The fourth-order valence-electron chi connectivity index (χ4n) is 3.63. The van der Waals surface area contributed by atoms with Crippen molar-refractivity contribution in [1.82, 2.24) is 4.98 Å². The number of nitrogens with zero attached hydrogens (tertiary/aromatic N) is 1. The van der Waals surface area contributed by atoms with Gasteiger partial charge in [0.15, 0.2) is 0 Å². The molecule has 1 N–H and O–H groups in total. The van der Waals surface area contributed by atoms with E-state index in [4.69, 9.17) is 4.42 Å². The van der Waals surface area contributed by atoms with Gasteiger partial charge in [0.25, 0.3) is 0 Å². The molecule has 164 valence electrons. The first-order valence-corrected chi connectivity index (χ1v) is 11.8. The average Bonchev–Trinajstić information content (AvgIpc) is 3.28. The zero-order valence-electron chi connectivity index (χ0n) is 17.4. The van der Waals surface area contributed by atoms with Gasteiger partial charge in [-0.15, -0.1) is 0 Å². The van der Waals surface area contributed by atoms with Crippen molar-refractivity contribution in [3.05, 3.63) is 108 Å². The van der Waals surface area contributed by atoms with Gasteiger partial charge < -0.3 is 9.73 Å². The van der Waals surface area contributed by atoms with Gasteiger partial charge in [-0.3, -0.25) is 0 Å². The van der Waals surface area contributed by atoms with Gasteiger partial charge in [-0.1, -0.05) is 66.7 Å². The van der Waals surface area contributed by atoms with E-state index in [0.717, 1.165) is 28.5 Å². The Hall–Kier alpha value is -3.97. The van der Waals surface area contributed by atoms with Crippen molar-refractivity contribution in [1.29, 1.82) is 0 Å². The quantitative estimate of drug-likeness (QED) is 0.312. The van der Waals surface area contributed by atoms with Gasteiger partial charge in [-0.05, 0) is 46.7 Å². The Morgan fingerprint density at radius 3 is 2.30 bits per heavy atom. The molecular formula is C26H19FN2O3S. The molecule has 0 spiro atoms. The number of hydrogen-bond acceptors (Lipinski definition) is 5. The lowest BCUT2D eigenvalue weighted by Gasteiger charge is -2.06. The molecule has 0 fully saturated rings. The SMILES string of the molecule is O=S(=O)(c1ccc(F)cc1)c1nc(-c2cccc3ccccc23)oc1NCc1ccccc1. The van der Waals surface area contributed by atoms with Gasteiger partial charge in [-0.2, -0.15) is 4.98 Å². The van der Waals surface area contributed by atoms with Crippen LogP contribution in [0.1, 0.15) is 5.56 Å². The number of anilines is 1. The summed E-state index contributed by atoms with van der Waals surface area (Å²) in [6.07, 6.45) is 0. The molecule has 0 radical (unpaired) electrons. The molecule has 5 rings (SSSR count). The van der Waals surface area contributed by atoms with Crippen LogP contribution in [0.2, 0.25) is 0 Å². The van der Waals surface area contributed by atoms with Crippen molar-refractivity contribution < 1.29 is 17.2 Å². The maximum atomic E-state index is 13.4. The van der Waals surface area contributed by atoms with Crippen LogP contribution in [0.3, 0.4) is 0 Å². The monoisotopic (exact) mass is 458 g/mol. The van der Waals surface area contributed by atoms with E-state index >= 15 is 0 Å². The molecule has 5 nitrogen and oxygen atoms in total. The van der Waals surface area contributed by atoms with E-state index in [1.165, 1.54) is 12.1 Å². The predicted octanol–water partition coefficient (Wildman–Crippen LogP) is 6.08. The number of rotatable bonds is 6. The first kappa shape index (κ1) is 20.9. The molecule has 0 unspecified atom stereocenters. The molecule has 1 heterocycles. The van der Waals surface area contributed by atoms with Gasteiger partial charge in [0.2, 0.25) is 26.6 Å². The lowest BCUT2D eigenvalue weighted by molar-refractivity contribution is 0.577. The fraction of sp³-hybridized carbons (Fsp3) is 0.0385. The molecular weight excluding hydrogens is 439 g/mol. The van der Waals surface area contributed by atoms with Crippen molar-refractivity contribution in [2.24, 2.45) is 0 Å². The minimum atomic E-state index is -4.07. The highest BCUT2D eigenvalue weighted by Gasteiger charge is 2.29. The molecule has 0 saturated heterocycles. The summed E-state index contributed by atoms with van der Waals surface area (Å²) in [5, 5.41) is 4.70. The highest BCUT2D eigenvalue weighted by atomic mass is 32.2. The molecule has 0 amide bonds. The van der Waals surface area contributed by atoms with Gasteiger partial charge in [-0.25, -0.2) is 12.8 Å². The smallest absolute Gasteiger partial charge is 0.234 e. The van der Waals surface area contributed by atoms with E-state index in [2.05, 4.69) is 10.3 Å². The second-order valence-corrected chi connectivity index (χ2v) is 9.34. The number of nitrogens with one attached hydrogen (secondary N) is 1. The predicted molar refractivity (Wildman–Crippen MR) is 125 cm³/mol. The first-order chi connectivity index (χ1) is 16.0. The highest BCUT2D eigenvalue weighted by Crippen LogP contribution is 2.35.